The molecule has 4 aromatic rings. The van der Waals surface area contributed by atoms with Crippen molar-refractivity contribution in [1.82, 2.24) is 24.0 Å². The summed E-state index contributed by atoms with van der Waals surface area (Å²) in [5.74, 6) is 0.246. The summed E-state index contributed by atoms with van der Waals surface area (Å²) in [5, 5.41) is 2.79. The average Bonchev–Trinajstić information content (AvgIpc) is 3.47. The molecular weight excluding hydrogens is 422 g/mol. The molecule has 9 heteroatoms. The van der Waals surface area contributed by atoms with E-state index < -0.39 is 17.2 Å². The molecule has 0 aliphatic rings. The number of aryl methyl sites for hydroxylation is 2. The Morgan fingerprint density at radius 1 is 1.12 bits per heavy atom. The Hall–Kier alpha value is -3.88. The number of nitrogens with zero attached hydrogens (tertiary/aromatic N) is 4. The fourth-order valence-corrected chi connectivity index (χ4v) is 3.69. The van der Waals surface area contributed by atoms with Crippen molar-refractivity contribution < 1.29 is 9.21 Å². The van der Waals surface area contributed by atoms with Gasteiger partial charge in [0, 0.05) is 13.1 Å². The minimum atomic E-state index is -0.544. The van der Waals surface area contributed by atoms with Crippen LogP contribution in [0.3, 0.4) is 0 Å². The van der Waals surface area contributed by atoms with Crippen LogP contribution in [-0.4, -0.2) is 24.6 Å². The largest absolute Gasteiger partial charge is 0.467 e. The Morgan fingerprint density at radius 2 is 1.91 bits per heavy atom. The Labute approximate surface area is 190 Å². The van der Waals surface area contributed by atoms with Gasteiger partial charge in [0.2, 0.25) is 5.91 Å². The maximum atomic E-state index is 13.3. The second-order valence-electron chi connectivity index (χ2n) is 8.07. The molecule has 0 aliphatic heterocycles. The molecule has 0 saturated heterocycles. The summed E-state index contributed by atoms with van der Waals surface area (Å²) in [5.41, 5.74) is 1.58. The number of fused-ring (bicyclic) bond motifs is 1. The van der Waals surface area contributed by atoms with E-state index in [0.717, 1.165) is 28.5 Å². The third-order valence-electron chi connectivity index (χ3n) is 5.54. The molecule has 1 aromatic carbocycles. The molecule has 1 N–H and O–H groups in total. The number of carbonyl (C=O) groups excluding carboxylic acids is 1. The maximum absolute atomic E-state index is 13.3. The van der Waals surface area contributed by atoms with Crippen LogP contribution < -0.4 is 16.6 Å². The van der Waals surface area contributed by atoms with Gasteiger partial charge in [0.05, 0.1) is 19.1 Å². The summed E-state index contributed by atoms with van der Waals surface area (Å²) in [7, 11) is 0. The highest BCUT2D eigenvalue weighted by Gasteiger charge is 2.20. The molecule has 0 radical (unpaired) electrons. The molecule has 0 fully saturated rings. The molecule has 33 heavy (non-hydrogen) atoms. The van der Waals surface area contributed by atoms with Crippen LogP contribution in [-0.2, 0) is 31.0 Å². The molecule has 9 nitrogen and oxygen atoms in total. The molecule has 0 saturated carbocycles. The van der Waals surface area contributed by atoms with Crippen LogP contribution in [0.4, 0.5) is 0 Å². The van der Waals surface area contributed by atoms with Crippen LogP contribution in [0.25, 0.3) is 11.2 Å². The first-order valence-corrected chi connectivity index (χ1v) is 11.0. The van der Waals surface area contributed by atoms with E-state index >= 15 is 0 Å². The van der Waals surface area contributed by atoms with Crippen molar-refractivity contribution in [3.63, 3.8) is 0 Å². The normalized spacial score (nSPS) is 11.2. The summed E-state index contributed by atoms with van der Waals surface area (Å²) >= 11 is 0. The van der Waals surface area contributed by atoms with Gasteiger partial charge in [-0.1, -0.05) is 43.2 Å². The van der Waals surface area contributed by atoms with E-state index in [1.54, 1.807) is 23.0 Å². The van der Waals surface area contributed by atoms with Gasteiger partial charge in [0.25, 0.3) is 5.56 Å². The zero-order valence-corrected chi connectivity index (χ0v) is 18.8. The second kappa shape index (κ2) is 9.72. The molecule has 0 bridgehead atoms. The standard InChI is InChI=1S/C24H27N5O4/c1-3-4-11-28-22-21(27(16-26-22)14-19-6-5-12-33-19)23(31)29(24(28)32)15-20(30)25-13-18-9-7-17(2)8-10-18/h5-10,12,16H,3-4,11,13-15H2,1-2H3,(H,25,30). The highest BCUT2D eigenvalue weighted by Crippen LogP contribution is 2.11. The maximum Gasteiger partial charge on any atom is 0.333 e. The third-order valence-corrected chi connectivity index (χ3v) is 5.54. The van der Waals surface area contributed by atoms with Gasteiger partial charge in [-0.2, -0.15) is 0 Å². The van der Waals surface area contributed by atoms with Gasteiger partial charge in [-0.05, 0) is 31.0 Å². The summed E-state index contributed by atoms with van der Waals surface area (Å²) in [6.45, 7) is 4.67. The van der Waals surface area contributed by atoms with Gasteiger partial charge in [0.1, 0.15) is 12.3 Å². The molecule has 0 unspecified atom stereocenters. The zero-order valence-electron chi connectivity index (χ0n) is 18.8. The number of unbranched alkanes of at least 4 members (excludes halogenated alkanes) is 1. The first-order chi connectivity index (χ1) is 16.0. The average molecular weight is 450 g/mol. The van der Waals surface area contributed by atoms with E-state index in [9.17, 15) is 14.4 Å². The van der Waals surface area contributed by atoms with Gasteiger partial charge >= 0.3 is 5.69 Å². The van der Waals surface area contributed by atoms with E-state index in [4.69, 9.17) is 4.42 Å². The fraction of sp³-hybridized carbons (Fsp3) is 0.333. The molecule has 3 aromatic heterocycles. The number of rotatable bonds is 9. The molecule has 0 spiro atoms. The highest BCUT2D eigenvalue weighted by molar-refractivity contribution is 5.76. The number of nitrogens with one attached hydrogen (secondary N) is 1. The summed E-state index contributed by atoms with van der Waals surface area (Å²) in [4.78, 5) is 43.5. The Balaban J connectivity index is 1.67. The minimum absolute atomic E-state index is 0.272. The fourth-order valence-electron chi connectivity index (χ4n) is 3.69. The summed E-state index contributed by atoms with van der Waals surface area (Å²) in [6.07, 6.45) is 4.70. The molecular formula is C24H27N5O4. The SMILES string of the molecule is CCCCn1c(=O)n(CC(=O)NCc2ccc(C)cc2)c(=O)c2c1ncn2Cc1ccco1. The lowest BCUT2D eigenvalue weighted by Gasteiger charge is -2.12. The van der Waals surface area contributed by atoms with E-state index in [0.29, 0.717) is 31.0 Å². The Bertz CT molecular complexity index is 1360. The van der Waals surface area contributed by atoms with E-state index in [1.165, 1.54) is 10.9 Å². The number of carbonyl (C=O) groups is 1. The summed E-state index contributed by atoms with van der Waals surface area (Å²) in [6, 6.07) is 11.4. The Morgan fingerprint density at radius 3 is 2.61 bits per heavy atom. The van der Waals surface area contributed by atoms with E-state index in [1.807, 2.05) is 38.1 Å². The first-order valence-electron chi connectivity index (χ1n) is 11.0. The van der Waals surface area contributed by atoms with Crippen molar-refractivity contribution in [2.45, 2.75) is 52.9 Å². The van der Waals surface area contributed by atoms with Crippen LogP contribution in [0.15, 0.2) is 63.0 Å². The van der Waals surface area contributed by atoms with E-state index in [2.05, 4.69) is 10.3 Å². The quantitative estimate of drug-likeness (QED) is 0.423. The number of aromatic nitrogens is 4. The predicted octanol–water partition coefficient (Wildman–Crippen LogP) is 2.43. The van der Waals surface area contributed by atoms with Crippen LogP contribution in [0.5, 0.6) is 0 Å². The van der Waals surface area contributed by atoms with Gasteiger partial charge in [-0.3, -0.25) is 14.2 Å². The zero-order chi connectivity index (χ0) is 23.4. The lowest BCUT2D eigenvalue weighted by Crippen LogP contribution is -2.44. The molecule has 4 rings (SSSR count). The molecule has 172 valence electrons. The van der Waals surface area contributed by atoms with Gasteiger partial charge < -0.3 is 14.3 Å². The van der Waals surface area contributed by atoms with Crippen LogP contribution in [0.1, 0.15) is 36.7 Å². The second-order valence-corrected chi connectivity index (χ2v) is 8.07. The molecule has 3 heterocycles. The van der Waals surface area contributed by atoms with Crippen molar-refractivity contribution in [2.24, 2.45) is 0 Å². The van der Waals surface area contributed by atoms with Crippen molar-refractivity contribution >= 4 is 17.1 Å². The van der Waals surface area contributed by atoms with Crippen LogP contribution in [0, 0.1) is 6.92 Å². The third kappa shape index (κ3) is 4.82. The number of amides is 1. The molecule has 1 amide bonds. The van der Waals surface area contributed by atoms with Crippen molar-refractivity contribution in [3.05, 3.63) is 86.7 Å². The molecule has 0 atom stereocenters. The van der Waals surface area contributed by atoms with E-state index in [-0.39, 0.29) is 12.1 Å². The number of hydrogen-bond donors (Lipinski definition) is 1. The smallest absolute Gasteiger partial charge is 0.333 e. The van der Waals surface area contributed by atoms with Crippen molar-refractivity contribution in [1.29, 1.82) is 0 Å². The lowest BCUT2D eigenvalue weighted by molar-refractivity contribution is -0.121. The first kappa shape index (κ1) is 22.3. The summed E-state index contributed by atoms with van der Waals surface area (Å²) < 4.78 is 9.52. The number of benzene rings is 1. The van der Waals surface area contributed by atoms with Gasteiger partial charge in [0.15, 0.2) is 11.2 Å². The minimum Gasteiger partial charge on any atom is -0.467 e. The Kier molecular flexibility index (Phi) is 6.58. The lowest BCUT2D eigenvalue weighted by atomic mass is 10.1. The number of furan rings is 1. The predicted molar refractivity (Wildman–Crippen MR) is 124 cm³/mol. The van der Waals surface area contributed by atoms with Crippen LogP contribution in [0.2, 0.25) is 0 Å². The van der Waals surface area contributed by atoms with Gasteiger partial charge in [-0.25, -0.2) is 14.3 Å². The van der Waals surface area contributed by atoms with Crippen molar-refractivity contribution in [2.75, 3.05) is 0 Å². The van der Waals surface area contributed by atoms with Crippen molar-refractivity contribution in [3.8, 4) is 0 Å². The number of imidazole rings is 1. The monoisotopic (exact) mass is 449 g/mol. The van der Waals surface area contributed by atoms with Gasteiger partial charge in [-0.15, -0.1) is 0 Å². The topological polar surface area (TPSA) is 104 Å². The van der Waals surface area contributed by atoms with Crippen LogP contribution >= 0.6 is 0 Å². The number of hydrogen-bond acceptors (Lipinski definition) is 5. The molecule has 0 aliphatic carbocycles. The highest BCUT2D eigenvalue weighted by atomic mass is 16.3.